The molecule has 2 aromatic heterocycles. The van der Waals surface area contributed by atoms with Crippen molar-refractivity contribution < 1.29 is 0 Å². The summed E-state index contributed by atoms with van der Waals surface area (Å²) in [6, 6.07) is 23.1. The van der Waals surface area contributed by atoms with Gasteiger partial charge in [0.05, 0.1) is 0 Å². The van der Waals surface area contributed by atoms with Crippen molar-refractivity contribution in [3.63, 3.8) is 0 Å². The maximum absolute atomic E-state index is 5.69. The summed E-state index contributed by atoms with van der Waals surface area (Å²) in [5.74, 6) is 0. The van der Waals surface area contributed by atoms with Crippen LogP contribution in [-0.4, -0.2) is 19.9 Å². The summed E-state index contributed by atoms with van der Waals surface area (Å²) >= 11 is 16.4. The van der Waals surface area contributed by atoms with Crippen molar-refractivity contribution in [3.8, 4) is 0 Å². The lowest BCUT2D eigenvalue weighted by Crippen LogP contribution is -1.93. The van der Waals surface area contributed by atoms with Gasteiger partial charge in [-0.2, -0.15) is 0 Å². The van der Waals surface area contributed by atoms with Gasteiger partial charge in [0, 0.05) is 30.2 Å². The molecule has 37 heavy (non-hydrogen) atoms. The van der Waals surface area contributed by atoms with Gasteiger partial charge < -0.3 is 5.73 Å². The fourth-order valence-electron chi connectivity index (χ4n) is 2.04. The second-order valence-corrected chi connectivity index (χ2v) is 6.60. The quantitative estimate of drug-likeness (QED) is 0.148. The van der Waals surface area contributed by atoms with Crippen LogP contribution >= 0.6 is 34.8 Å². The fourth-order valence-corrected chi connectivity index (χ4v) is 2.53. The summed E-state index contributed by atoms with van der Waals surface area (Å²) in [7, 11) is 0. The normalized spacial score (nSPS) is 8.08. The van der Waals surface area contributed by atoms with Crippen LogP contribution in [0, 0.1) is 0 Å². The van der Waals surface area contributed by atoms with Gasteiger partial charge in [0.15, 0.2) is 0 Å². The molecule has 0 saturated heterocycles. The second-order valence-electron chi connectivity index (χ2n) is 5.54. The van der Waals surface area contributed by atoms with Crippen LogP contribution < -0.4 is 5.73 Å². The first-order valence-corrected chi connectivity index (χ1v) is 13.6. The van der Waals surface area contributed by atoms with Crippen molar-refractivity contribution in [2.24, 2.45) is 0 Å². The van der Waals surface area contributed by atoms with E-state index in [1.807, 2.05) is 110 Å². The van der Waals surface area contributed by atoms with Crippen LogP contribution in [0.1, 0.15) is 66.6 Å². The molecular weight excluding hydrogens is 525 g/mol. The van der Waals surface area contributed by atoms with E-state index in [1.165, 1.54) is 11.8 Å². The Morgan fingerprint density at radius 2 is 1.00 bits per heavy atom. The summed E-state index contributed by atoms with van der Waals surface area (Å²) in [5, 5.41) is 0.848. The summed E-state index contributed by atoms with van der Waals surface area (Å²) in [5.41, 5.74) is 8.34. The molecule has 2 aromatic carbocycles. The number of hydrogen-bond acceptors (Lipinski definition) is 5. The lowest BCUT2D eigenvalue weighted by molar-refractivity contribution is 1.03. The number of hydrogen-bond donors (Lipinski definition) is 1. The van der Waals surface area contributed by atoms with Crippen LogP contribution in [0.3, 0.4) is 0 Å². The molecule has 4 rings (SSSR count). The van der Waals surface area contributed by atoms with Gasteiger partial charge in [-0.1, -0.05) is 116 Å². The third kappa shape index (κ3) is 23.4. The lowest BCUT2D eigenvalue weighted by Gasteiger charge is -2.00. The van der Waals surface area contributed by atoms with Gasteiger partial charge in [-0.3, -0.25) is 0 Å². The Morgan fingerprint density at radius 1 is 0.568 bits per heavy atom. The lowest BCUT2D eigenvalue weighted by atomic mass is 10.1. The smallest absolute Gasteiger partial charge is 0.223 e. The van der Waals surface area contributed by atoms with E-state index in [-0.39, 0.29) is 5.28 Å². The summed E-state index contributed by atoms with van der Waals surface area (Å²) < 4.78 is 0. The van der Waals surface area contributed by atoms with E-state index in [2.05, 4.69) is 32.1 Å². The molecular formula is C29H42Cl3N5. The van der Waals surface area contributed by atoms with Crippen LogP contribution in [-0.2, 0) is 6.42 Å². The Kier molecular flexibility index (Phi) is 30.9. The highest BCUT2D eigenvalue weighted by atomic mass is 35.5. The topological polar surface area (TPSA) is 77.6 Å². The van der Waals surface area contributed by atoms with Crippen LogP contribution in [0.15, 0.2) is 85.2 Å². The minimum absolute atomic E-state index is 0.178. The van der Waals surface area contributed by atoms with Gasteiger partial charge in [0.2, 0.25) is 10.6 Å². The molecule has 0 saturated carbocycles. The molecule has 5 nitrogen and oxygen atoms in total. The standard InChI is InChI=1S/C11H9ClN2.C6H7N.C4H2Cl2N2.4C2H6/c12-11-13-7-6-10(14-11)8-9-4-2-1-3-5-9;7-6-4-2-1-3-5-6;5-3-1-2-7-4(6)8-3;4*1-2/h1-7H,8H2;1-5H,7H2;1-2H;4*1-2H3. The molecule has 0 fully saturated rings. The maximum atomic E-state index is 5.69. The highest BCUT2D eigenvalue weighted by molar-refractivity contribution is 6.31. The second kappa shape index (κ2) is 29.5. The molecule has 0 spiro atoms. The molecule has 4 aromatic rings. The van der Waals surface area contributed by atoms with Crippen molar-refractivity contribution in [1.29, 1.82) is 0 Å². The van der Waals surface area contributed by atoms with E-state index >= 15 is 0 Å². The number of rotatable bonds is 2. The van der Waals surface area contributed by atoms with Crippen LogP contribution in [0.4, 0.5) is 5.69 Å². The van der Waals surface area contributed by atoms with Crippen molar-refractivity contribution >= 4 is 40.5 Å². The summed E-state index contributed by atoms with van der Waals surface area (Å²) in [4.78, 5) is 15.2. The number of nitrogens with two attached hydrogens (primary N) is 1. The van der Waals surface area contributed by atoms with Gasteiger partial charge >= 0.3 is 0 Å². The van der Waals surface area contributed by atoms with E-state index in [9.17, 15) is 0 Å². The molecule has 0 radical (unpaired) electrons. The maximum Gasteiger partial charge on any atom is 0.223 e. The number of halogens is 3. The van der Waals surface area contributed by atoms with E-state index in [0.29, 0.717) is 10.4 Å². The molecule has 0 amide bonds. The zero-order chi connectivity index (χ0) is 28.9. The number of para-hydroxylation sites is 1. The highest BCUT2D eigenvalue weighted by Gasteiger charge is 1.98. The molecule has 0 aliphatic heterocycles. The van der Waals surface area contributed by atoms with Gasteiger partial charge in [0.1, 0.15) is 5.15 Å². The fraction of sp³-hybridized carbons (Fsp3) is 0.310. The SMILES string of the molecule is CC.CC.CC.CC.Clc1ccnc(Cl)n1.Clc1nccc(Cc2ccccc2)n1.Nc1ccccc1. The average Bonchev–Trinajstić information content (AvgIpc) is 2.95. The molecule has 0 bridgehead atoms. The Labute approximate surface area is 239 Å². The predicted molar refractivity (Wildman–Crippen MR) is 165 cm³/mol. The molecule has 0 unspecified atom stereocenters. The van der Waals surface area contributed by atoms with Crippen molar-refractivity contribution in [1.82, 2.24) is 19.9 Å². The van der Waals surface area contributed by atoms with Crippen LogP contribution in [0.25, 0.3) is 0 Å². The minimum atomic E-state index is 0.178. The van der Waals surface area contributed by atoms with Gasteiger partial charge in [-0.25, -0.2) is 19.9 Å². The molecule has 0 aliphatic carbocycles. The number of aromatic nitrogens is 4. The molecule has 8 heteroatoms. The number of nitrogen functional groups attached to an aromatic ring is 1. The monoisotopic (exact) mass is 565 g/mol. The number of anilines is 1. The Hall–Kier alpha value is -2.73. The van der Waals surface area contributed by atoms with E-state index in [0.717, 1.165) is 17.8 Å². The van der Waals surface area contributed by atoms with Crippen LogP contribution in [0.5, 0.6) is 0 Å². The molecule has 0 atom stereocenters. The molecule has 2 N–H and O–H groups in total. The van der Waals surface area contributed by atoms with Crippen molar-refractivity contribution in [3.05, 3.63) is 112 Å². The highest BCUT2D eigenvalue weighted by Crippen LogP contribution is 2.08. The molecule has 2 heterocycles. The number of benzene rings is 2. The summed E-state index contributed by atoms with van der Waals surface area (Å²) in [6.45, 7) is 16.0. The Bertz CT molecular complexity index is 971. The summed E-state index contributed by atoms with van der Waals surface area (Å²) in [6.07, 6.45) is 3.97. The van der Waals surface area contributed by atoms with Gasteiger partial charge in [-0.05, 0) is 53.0 Å². The van der Waals surface area contributed by atoms with E-state index in [4.69, 9.17) is 40.5 Å². The zero-order valence-corrected chi connectivity index (χ0v) is 25.6. The largest absolute Gasteiger partial charge is 0.399 e. The van der Waals surface area contributed by atoms with Gasteiger partial charge in [-0.15, -0.1) is 0 Å². The molecule has 204 valence electrons. The third-order valence-electron chi connectivity index (χ3n) is 3.30. The average molecular weight is 567 g/mol. The first-order valence-electron chi connectivity index (χ1n) is 12.5. The minimum Gasteiger partial charge on any atom is -0.399 e. The third-order valence-corrected chi connectivity index (χ3v) is 3.88. The van der Waals surface area contributed by atoms with E-state index < -0.39 is 0 Å². The Morgan fingerprint density at radius 3 is 1.35 bits per heavy atom. The molecule has 0 aliphatic rings. The van der Waals surface area contributed by atoms with Gasteiger partial charge in [0.25, 0.3) is 0 Å². The Balaban J connectivity index is -0.000000434. The van der Waals surface area contributed by atoms with Crippen LogP contribution in [0.2, 0.25) is 15.7 Å². The van der Waals surface area contributed by atoms with E-state index in [1.54, 1.807) is 12.3 Å². The van der Waals surface area contributed by atoms with Crippen molar-refractivity contribution in [2.45, 2.75) is 61.8 Å². The number of nitrogens with zero attached hydrogens (tertiary/aromatic N) is 4. The zero-order valence-electron chi connectivity index (χ0n) is 23.3. The van der Waals surface area contributed by atoms with Crippen molar-refractivity contribution in [2.75, 3.05) is 5.73 Å². The first kappa shape index (κ1) is 38.8. The predicted octanol–water partition coefficient (Wildman–Crippen LogP) is 9.88. The first-order chi connectivity index (χ1) is 18.0.